The van der Waals surface area contributed by atoms with Gasteiger partial charge in [-0.2, -0.15) is 4.31 Å². The van der Waals surface area contributed by atoms with Crippen molar-refractivity contribution in [3.63, 3.8) is 0 Å². The van der Waals surface area contributed by atoms with Gasteiger partial charge in [0.15, 0.2) is 0 Å². The van der Waals surface area contributed by atoms with Crippen molar-refractivity contribution in [2.75, 3.05) is 26.4 Å². The van der Waals surface area contributed by atoms with Crippen LogP contribution in [-0.2, 0) is 19.5 Å². The molecule has 0 spiro atoms. The number of hydrogen-bond acceptors (Lipinski definition) is 5. The van der Waals surface area contributed by atoms with Gasteiger partial charge in [0.25, 0.3) is 0 Å². The zero-order valence-corrected chi connectivity index (χ0v) is 14.6. The van der Waals surface area contributed by atoms with Crippen molar-refractivity contribution in [2.45, 2.75) is 37.1 Å². The summed E-state index contributed by atoms with van der Waals surface area (Å²) in [7, 11) is -3.55. The number of rotatable bonds is 7. The third kappa shape index (κ3) is 3.79. The maximum Gasteiger partial charge on any atom is 0.338 e. The van der Waals surface area contributed by atoms with Gasteiger partial charge in [0.2, 0.25) is 10.0 Å². The normalized spacial score (nSPS) is 21.2. The van der Waals surface area contributed by atoms with E-state index in [1.54, 1.807) is 11.2 Å². The number of nitrogens with zero attached hydrogens (tertiary/aromatic N) is 1. The van der Waals surface area contributed by atoms with Crippen LogP contribution in [0, 0.1) is 5.92 Å². The van der Waals surface area contributed by atoms with Gasteiger partial charge in [-0.15, -0.1) is 0 Å². The largest absolute Gasteiger partial charge is 0.462 e. The average molecular weight is 353 g/mol. The number of carbonyl (C=O) groups excluding carboxylic acids is 1. The van der Waals surface area contributed by atoms with E-state index in [4.69, 9.17) is 9.47 Å². The molecule has 2 fully saturated rings. The highest BCUT2D eigenvalue weighted by Gasteiger charge is 2.39. The summed E-state index contributed by atoms with van der Waals surface area (Å²) in [5.41, 5.74) is 0.359. The van der Waals surface area contributed by atoms with Crippen molar-refractivity contribution >= 4 is 16.0 Å². The fraction of sp³-hybridized carbons (Fsp3) is 0.588. The van der Waals surface area contributed by atoms with Crippen LogP contribution in [0.3, 0.4) is 0 Å². The lowest BCUT2D eigenvalue weighted by atomic mass is 10.1. The molecule has 0 unspecified atom stereocenters. The minimum absolute atomic E-state index is 0.0975. The molecule has 0 aromatic heterocycles. The highest BCUT2D eigenvalue weighted by atomic mass is 32.2. The molecule has 2 aliphatic rings. The summed E-state index contributed by atoms with van der Waals surface area (Å²) in [5.74, 6) is -0.178. The first-order valence-electron chi connectivity index (χ1n) is 8.39. The molecule has 1 aliphatic carbocycles. The van der Waals surface area contributed by atoms with Crippen LogP contribution < -0.4 is 0 Å². The molecule has 1 aromatic rings. The smallest absolute Gasteiger partial charge is 0.338 e. The molecule has 7 heteroatoms. The Hall–Kier alpha value is -1.44. The second-order valence-electron chi connectivity index (χ2n) is 6.28. The van der Waals surface area contributed by atoms with E-state index in [2.05, 4.69) is 0 Å². The topological polar surface area (TPSA) is 72.9 Å². The lowest BCUT2D eigenvalue weighted by molar-refractivity contribution is 0.0526. The molecule has 6 nitrogen and oxygen atoms in total. The van der Waals surface area contributed by atoms with Crippen LogP contribution in [0.4, 0.5) is 0 Å². The third-order valence-corrected chi connectivity index (χ3v) is 6.32. The van der Waals surface area contributed by atoms with Crippen molar-refractivity contribution in [3.05, 3.63) is 29.8 Å². The van der Waals surface area contributed by atoms with Gasteiger partial charge in [-0.05, 0) is 56.4 Å². The van der Waals surface area contributed by atoms with E-state index in [1.165, 1.54) is 24.3 Å². The second kappa shape index (κ2) is 7.21. The molecule has 1 saturated heterocycles. The second-order valence-corrected chi connectivity index (χ2v) is 8.17. The van der Waals surface area contributed by atoms with E-state index < -0.39 is 16.0 Å². The predicted octanol–water partition coefficient (Wildman–Crippen LogP) is 2.05. The first kappa shape index (κ1) is 17.4. The molecule has 24 heavy (non-hydrogen) atoms. The molecule has 0 bridgehead atoms. The lowest BCUT2D eigenvalue weighted by Gasteiger charge is -2.24. The monoisotopic (exact) mass is 353 g/mol. The molecule has 1 aromatic carbocycles. The summed E-state index contributed by atoms with van der Waals surface area (Å²) in [6.45, 7) is 3.86. The Balaban J connectivity index is 1.78. The number of hydrogen-bond donors (Lipinski definition) is 0. The Kier molecular flexibility index (Phi) is 5.22. The summed E-state index contributed by atoms with van der Waals surface area (Å²) in [4.78, 5) is 11.9. The van der Waals surface area contributed by atoms with Crippen molar-refractivity contribution in [3.8, 4) is 0 Å². The average Bonchev–Trinajstić information content (AvgIpc) is 3.28. The van der Waals surface area contributed by atoms with Crippen molar-refractivity contribution < 1.29 is 22.7 Å². The van der Waals surface area contributed by atoms with Crippen LogP contribution in [0.25, 0.3) is 0 Å². The molecule has 0 N–H and O–H groups in total. The standard InChI is InChI=1S/C17H23NO5S/c1-2-23-17(19)14-3-7-16(8-4-14)24(20,21)18(15-5-6-15)11-13-9-10-22-12-13/h3-4,7-8,13,15H,2,5-6,9-12H2,1H3/t13-/m1/s1. The third-order valence-electron chi connectivity index (χ3n) is 4.39. The van der Waals surface area contributed by atoms with Crippen molar-refractivity contribution in [1.29, 1.82) is 0 Å². The van der Waals surface area contributed by atoms with Gasteiger partial charge in [0.05, 0.1) is 23.7 Å². The quantitative estimate of drug-likeness (QED) is 0.702. The van der Waals surface area contributed by atoms with Gasteiger partial charge in [0.1, 0.15) is 0 Å². The highest BCUT2D eigenvalue weighted by molar-refractivity contribution is 7.89. The summed E-state index contributed by atoms with van der Waals surface area (Å²) in [6.07, 6.45) is 2.72. The fourth-order valence-corrected chi connectivity index (χ4v) is 4.66. The fourth-order valence-electron chi connectivity index (χ4n) is 2.90. The van der Waals surface area contributed by atoms with Gasteiger partial charge in [-0.1, -0.05) is 0 Å². The minimum atomic E-state index is -3.55. The first-order valence-corrected chi connectivity index (χ1v) is 9.83. The van der Waals surface area contributed by atoms with E-state index in [-0.39, 0.29) is 23.5 Å². The molecule has 1 atom stereocenters. The van der Waals surface area contributed by atoms with Gasteiger partial charge in [-0.3, -0.25) is 0 Å². The van der Waals surface area contributed by atoms with E-state index in [1.807, 2.05) is 0 Å². The Labute approximate surface area is 142 Å². The van der Waals surface area contributed by atoms with Crippen molar-refractivity contribution in [1.82, 2.24) is 4.31 Å². The predicted molar refractivity (Wildman–Crippen MR) is 88.2 cm³/mol. The molecular weight excluding hydrogens is 330 g/mol. The van der Waals surface area contributed by atoms with Crippen LogP contribution >= 0.6 is 0 Å². The maximum absolute atomic E-state index is 13.0. The summed E-state index contributed by atoms with van der Waals surface area (Å²) in [5, 5.41) is 0. The summed E-state index contributed by atoms with van der Waals surface area (Å²) >= 11 is 0. The molecule has 1 heterocycles. The molecule has 1 saturated carbocycles. The van der Waals surface area contributed by atoms with Crippen LogP contribution in [0.5, 0.6) is 0 Å². The van der Waals surface area contributed by atoms with Gasteiger partial charge < -0.3 is 9.47 Å². The Bertz CT molecular complexity index is 675. The molecular formula is C17H23NO5S. The van der Waals surface area contributed by atoms with Gasteiger partial charge >= 0.3 is 5.97 Å². The summed E-state index contributed by atoms with van der Waals surface area (Å²) < 4.78 is 37.9. The minimum Gasteiger partial charge on any atom is -0.462 e. The SMILES string of the molecule is CCOC(=O)c1ccc(S(=O)(=O)N(C[C@H]2CCOC2)C2CC2)cc1. The molecule has 0 radical (unpaired) electrons. The van der Waals surface area contributed by atoms with Gasteiger partial charge in [-0.25, -0.2) is 13.2 Å². The van der Waals surface area contributed by atoms with Gasteiger partial charge in [0, 0.05) is 19.2 Å². The van der Waals surface area contributed by atoms with E-state index in [0.717, 1.165) is 19.3 Å². The molecule has 3 rings (SSSR count). The van der Waals surface area contributed by atoms with E-state index in [9.17, 15) is 13.2 Å². The maximum atomic E-state index is 13.0. The highest BCUT2D eigenvalue weighted by Crippen LogP contribution is 2.33. The number of esters is 1. The van der Waals surface area contributed by atoms with Crippen LogP contribution in [0.1, 0.15) is 36.5 Å². The number of ether oxygens (including phenoxy) is 2. The Morgan fingerprint density at radius 1 is 1.25 bits per heavy atom. The number of sulfonamides is 1. The van der Waals surface area contributed by atoms with Crippen LogP contribution in [0.2, 0.25) is 0 Å². The zero-order valence-electron chi connectivity index (χ0n) is 13.8. The lowest BCUT2D eigenvalue weighted by Crippen LogP contribution is -2.37. The van der Waals surface area contributed by atoms with E-state index in [0.29, 0.717) is 25.3 Å². The van der Waals surface area contributed by atoms with E-state index >= 15 is 0 Å². The van der Waals surface area contributed by atoms with Crippen LogP contribution in [-0.4, -0.2) is 51.1 Å². The molecule has 1 aliphatic heterocycles. The number of benzene rings is 1. The summed E-state index contributed by atoms with van der Waals surface area (Å²) in [6, 6.07) is 6.09. The Morgan fingerprint density at radius 3 is 2.50 bits per heavy atom. The molecule has 132 valence electrons. The zero-order chi connectivity index (χ0) is 17.2. The first-order chi connectivity index (χ1) is 11.5. The van der Waals surface area contributed by atoms with Crippen molar-refractivity contribution in [2.24, 2.45) is 5.92 Å². The van der Waals surface area contributed by atoms with Crippen LogP contribution in [0.15, 0.2) is 29.2 Å². The molecule has 0 amide bonds. The number of carbonyl (C=O) groups is 1. The Morgan fingerprint density at radius 2 is 1.96 bits per heavy atom.